The van der Waals surface area contributed by atoms with Gasteiger partial charge in [-0.15, -0.1) is 0 Å². The van der Waals surface area contributed by atoms with Crippen molar-refractivity contribution in [2.45, 2.75) is 25.3 Å². The molecule has 0 saturated heterocycles. The second kappa shape index (κ2) is 5.36. The van der Waals surface area contributed by atoms with E-state index in [2.05, 4.69) is 10.2 Å². The summed E-state index contributed by atoms with van der Waals surface area (Å²) in [5, 5.41) is 0. The van der Waals surface area contributed by atoms with Crippen molar-refractivity contribution in [2.24, 2.45) is 5.84 Å². The average Bonchev–Trinajstić information content (AvgIpc) is 2.03. The summed E-state index contributed by atoms with van der Waals surface area (Å²) in [5.41, 5.74) is 2.22. The SMILES string of the molecule is CC(COCC(F)(F)C(F)F)NN. The van der Waals surface area contributed by atoms with E-state index < -0.39 is 19.0 Å². The highest BCUT2D eigenvalue weighted by Gasteiger charge is 2.40. The Morgan fingerprint density at radius 2 is 2.00 bits per heavy atom. The van der Waals surface area contributed by atoms with Gasteiger partial charge in [-0.2, -0.15) is 8.78 Å². The van der Waals surface area contributed by atoms with Crippen molar-refractivity contribution in [2.75, 3.05) is 13.2 Å². The fourth-order valence-electron chi connectivity index (χ4n) is 0.483. The van der Waals surface area contributed by atoms with Crippen LogP contribution in [0.5, 0.6) is 0 Å². The lowest BCUT2D eigenvalue weighted by molar-refractivity contribution is -0.166. The van der Waals surface area contributed by atoms with Crippen LogP contribution >= 0.6 is 0 Å². The van der Waals surface area contributed by atoms with Crippen LogP contribution < -0.4 is 11.3 Å². The minimum atomic E-state index is -4.09. The topological polar surface area (TPSA) is 47.3 Å². The first-order chi connectivity index (χ1) is 5.90. The molecule has 7 heteroatoms. The molecule has 0 aliphatic heterocycles. The molecule has 0 aliphatic rings. The van der Waals surface area contributed by atoms with Crippen LogP contribution in [-0.2, 0) is 4.74 Å². The predicted molar refractivity (Wildman–Crippen MR) is 38.6 cm³/mol. The maximum Gasteiger partial charge on any atom is 0.330 e. The normalized spacial score (nSPS) is 15.0. The molecule has 0 rings (SSSR count). The van der Waals surface area contributed by atoms with Crippen LogP contribution in [0.4, 0.5) is 17.6 Å². The van der Waals surface area contributed by atoms with Gasteiger partial charge in [-0.25, -0.2) is 8.78 Å². The van der Waals surface area contributed by atoms with Gasteiger partial charge in [0, 0.05) is 6.04 Å². The first-order valence-electron chi connectivity index (χ1n) is 3.60. The Balaban J connectivity index is 3.63. The minimum Gasteiger partial charge on any atom is -0.373 e. The summed E-state index contributed by atoms with van der Waals surface area (Å²) in [4.78, 5) is 0. The molecule has 13 heavy (non-hydrogen) atoms. The molecule has 0 aliphatic carbocycles. The molecule has 3 nitrogen and oxygen atoms in total. The third kappa shape index (κ3) is 5.02. The number of halogens is 4. The molecule has 0 spiro atoms. The zero-order valence-corrected chi connectivity index (χ0v) is 7.07. The Kier molecular flexibility index (Phi) is 5.19. The lowest BCUT2D eigenvalue weighted by atomic mass is 10.3. The van der Waals surface area contributed by atoms with Gasteiger partial charge in [0.25, 0.3) is 0 Å². The quantitative estimate of drug-likeness (QED) is 0.381. The smallest absolute Gasteiger partial charge is 0.330 e. The van der Waals surface area contributed by atoms with Crippen molar-refractivity contribution in [1.29, 1.82) is 0 Å². The van der Waals surface area contributed by atoms with E-state index >= 15 is 0 Å². The van der Waals surface area contributed by atoms with Gasteiger partial charge in [-0.1, -0.05) is 0 Å². The number of nitrogens with one attached hydrogen (secondary N) is 1. The van der Waals surface area contributed by atoms with Gasteiger partial charge in [-0.05, 0) is 6.92 Å². The maximum atomic E-state index is 12.2. The third-order valence-corrected chi connectivity index (χ3v) is 1.27. The number of alkyl halides is 4. The van der Waals surface area contributed by atoms with Crippen LogP contribution in [0.1, 0.15) is 6.92 Å². The predicted octanol–water partition coefficient (Wildman–Crippen LogP) is 0.755. The monoisotopic (exact) mass is 204 g/mol. The van der Waals surface area contributed by atoms with Gasteiger partial charge in [0.1, 0.15) is 6.61 Å². The van der Waals surface area contributed by atoms with E-state index in [9.17, 15) is 17.6 Å². The van der Waals surface area contributed by atoms with Gasteiger partial charge < -0.3 is 4.74 Å². The number of rotatable bonds is 6. The lowest BCUT2D eigenvalue weighted by Crippen LogP contribution is -2.39. The number of ether oxygens (including phenoxy) is 1. The van der Waals surface area contributed by atoms with Crippen LogP contribution in [0.3, 0.4) is 0 Å². The van der Waals surface area contributed by atoms with Crippen molar-refractivity contribution in [3.8, 4) is 0 Å². The molecule has 0 bridgehead atoms. The third-order valence-electron chi connectivity index (χ3n) is 1.27. The van der Waals surface area contributed by atoms with Gasteiger partial charge >= 0.3 is 12.3 Å². The Bertz CT molecular complexity index is 145. The molecule has 0 fully saturated rings. The van der Waals surface area contributed by atoms with Crippen molar-refractivity contribution >= 4 is 0 Å². The van der Waals surface area contributed by atoms with Crippen LogP contribution in [0.2, 0.25) is 0 Å². The number of nitrogens with two attached hydrogens (primary N) is 1. The zero-order chi connectivity index (χ0) is 10.5. The van der Waals surface area contributed by atoms with Crippen LogP contribution in [-0.4, -0.2) is 31.6 Å². The molecule has 0 aromatic heterocycles. The fourth-order valence-corrected chi connectivity index (χ4v) is 0.483. The Morgan fingerprint density at radius 3 is 2.38 bits per heavy atom. The van der Waals surface area contributed by atoms with Crippen molar-refractivity contribution in [3.63, 3.8) is 0 Å². The molecule has 0 aromatic carbocycles. The summed E-state index contributed by atoms with van der Waals surface area (Å²) in [7, 11) is 0. The first-order valence-corrected chi connectivity index (χ1v) is 3.60. The van der Waals surface area contributed by atoms with E-state index in [-0.39, 0.29) is 12.6 Å². The Morgan fingerprint density at radius 1 is 1.46 bits per heavy atom. The van der Waals surface area contributed by atoms with Gasteiger partial charge in [-0.3, -0.25) is 11.3 Å². The molecular weight excluding hydrogens is 192 g/mol. The van der Waals surface area contributed by atoms with Crippen molar-refractivity contribution in [3.05, 3.63) is 0 Å². The summed E-state index contributed by atoms with van der Waals surface area (Å²) in [6.07, 6.45) is -3.70. The van der Waals surface area contributed by atoms with E-state index in [0.717, 1.165) is 0 Å². The summed E-state index contributed by atoms with van der Waals surface area (Å²) in [5.74, 6) is 0.827. The second-order valence-corrected chi connectivity index (χ2v) is 2.64. The Hall–Kier alpha value is -0.400. The van der Waals surface area contributed by atoms with Gasteiger partial charge in [0.2, 0.25) is 0 Å². The second-order valence-electron chi connectivity index (χ2n) is 2.64. The molecule has 3 N–H and O–H groups in total. The molecular formula is C6H12F4N2O. The van der Waals surface area contributed by atoms with E-state index in [1.807, 2.05) is 0 Å². The van der Waals surface area contributed by atoms with Crippen LogP contribution in [0, 0.1) is 0 Å². The molecule has 1 atom stereocenters. The number of hydrogen-bond donors (Lipinski definition) is 2. The molecule has 1 unspecified atom stereocenters. The van der Waals surface area contributed by atoms with E-state index in [1.54, 1.807) is 6.92 Å². The average molecular weight is 204 g/mol. The minimum absolute atomic E-state index is 0.140. The Labute approximate surface area is 73.2 Å². The molecule has 0 aromatic rings. The largest absolute Gasteiger partial charge is 0.373 e. The van der Waals surface area contributed by atoms with Gasteiger partial charge in [0.05, 0.1) is 6.61 Å². The maximum absolute atomic E-state index is 12.2. The zero-order valence-electron chi connectivity index (χ0n) is 7.07. The van der Waals surface area contributed by atoms with Crippen LogP contribution in [0.15, 0.2) is 0 Å². The fraction of sp³-hybridized carbons (Fsp3) is 1.00. The lowest BCUT2D eigenvalue weighted by Gasteiger charge is -2.16. The van der Waals surface area contributed by atoms with E-state index in [0.29, 0.717) is 0 Å². The van der Waals surface area contributed by atoms with E-state index in [1.165, 1.54) is 0 Å². The summed E-state index contributed by atoms with van der Waals surface area (Å²) < 4.78 is 51.8. The van der Waals surface area contributed by atoms with E-state index in [4.69, 9.17) is 5.84 Å². The van der Waals surface area contributed by atoms with Crippen LogP contribution in [0.25, 0.3) is 0 Å². The number of hydrogen-bond acceptors (Lipinski definition) is 3. The van der Waals surface area contributed by atoms with Crippen molar-refractivity contribution < 1.29 is 22.3 Å². The number of hydrazine groups is 1. The molecule has 0 amide bonds. The highest BCUT2D eigenvalue weighted by atomic mass is 19.3. The molecule has 0 saturated carbocycles. The molecule has 80 valence electrons. The highest BCUT2D eigenvalue weighted by molar-refractivity contribution is 4.68. The molecule has 0 radical (unpaired) electrons. The first kappa shape index (κ1) is 12.6. The summed E-state index contributed by atoms with van der Waals surface area (Å²) in [6.45, 7) is 0.135. The summed E-state index contributed by atoms with van der Waals surface area (Å²) in [6, 6.07) is -0.353. The standard InChI is InChI=1S/C6H12F4N2O/c1-4(12-11)2-13-3-6(9,10)5(7)8/h4-5,12H,2-3,11H2,1H3. The summed E-state index contributed by atoms with van der Waals surface area (Å²) >= 11 is 0. The van der Waals surface area contributed by atoms with Crippen molar-refractivity contribution in [1.82, 2.24) is 5.43 Å². The molecule has 0 heterocycles. The van der Waals surface area contributed by atoms with Gasteiger partial charge in [0.15, 0.2) is 0 Å². The highest BCUT2D eigenvalue weighted by Crippen LogP contribution is 2.22.